The van der Waals surface area contributed by atoms with Gasteiger partial charge in [0.25, 0.3) is 0 Å². The Morgan fingerprint density at radius 2 is 2.00 bits per heavy atom. The fourth-order valence-electron chi connectivity index (χ4n) is 2.86. The summed E-state index contributed by atoms with van der Waals surface area (Å²) in [5.41, 5.74) is 1.28. The van der Waals surface area contributed by atoms with E-state index in [0.717, 1.165) is 50.0 Å². The van der Waals surface area contributed by atoms with Crippen LogP contribution in [0.4, 0.5) is 0 Å². The van der Waals surface area contributed by atoms with Gasteiger partial charge in [0.2, 0.25) is 0 Å². The molecular formula is C21H27N5O. The summed E-state index contributed by atoms with van der Waals surface area (Å²) in [5.74, 6) is 2.85. The standard InChI is InChI=1S/C21H27N5O/c1-2-22-21(24-12-10-19-9-6-16-27-19)25-13-11-20-23-14-15-26(20)17-18-7-4-3-5-8-18/h3-9,14-16H,2,10-13,17H2,1H3,(H2,22,24,25). The zero-order valence-electron chi connectivity index (χ0n) is 15.8. The first kappa shape index (κ1) is 18.8. The fourth-order valence-corrected chi connectivity index (χ4v) is 2.86. The summed E-state index contributed by atoms with van der Waals surface area (Å²) in [4.78, 5) is 9.11. The molecule has 0 saturated carbocycles. The first-order valence-electron chi connectivity index (χ1n) is 9.43. The van der Waals surface area contributed by atoms with Crippen molar-refractivity contribution in [1.82, 2.24) is 20.2 Å². The fraction of sp³-hybridized carbons (Fsp3) is 0.333. The van der Waals surface area contributed by atoms with Crippen molar-refractivity contribution in [2.24, 2.45) is 4.99 Å². The average Bonchev–Trinajstić information content (AvgIpc) is 3.35. The minimum absolute atomic E-state index is 0.686. The third-order valence-corrected chi connectivity index (χ3v) is 4.19. The molecule has 2 aromatic heterocycles. The molecule has 0 atom stereocenters. The van der Waals surface area contributed by atoms with E-state index in [9.17, 15) is 0 Å². The maximum absolute atomic E-state index is 5.35. The normalized spacial score (nSPS) is 11.5. The smallest absolute Gasteiger partial charge is 0.191 e. The van der Waals surface area contributed by atoms with Gasteiger partial charge in [-0.2, -0.15) is 0 Å². The number of nitrogens with zero attached hydrogens (tertiary/aromatic N) is 3. The summed E-state index contributed by atoms with van der Waals surface area (Å²) in [6, 6.07) is 14.3. The topological polar surface area (TPSA) is 67.4 Å². The van der Waals surface area contributed by atoms with Crippen molar-refractivity contribution < 1.29 is 4.42 Å². The molecule has 0 aliphatic heterocycles. The molecular weight excluding hydrogens is 338 g/mol. The lowest BCUT2D eigenvalue weighted by atomic mass is 10.2. The number of furan rings is 1. The first-order valence-corrected chi connectivity index (χ1v) is 9.43. The highest BCUT2D eigenvalue weighted by atomic mass is 16.3. The largest absolute Gasteiger partial charge is 0.469 e. The van der Waals surface area contributed by atoms with E-state index >= 15 is 0 Å². The van der Waals surface area contributed by atoms with Gasteiger partial charge < -0.3 is 19.6 Å². The van der Waals surface area contributed by atoms with Crippen LogP contribution in [0.25, 0.3) is 0 Å². The van der Waals surface area contributed by atoms with Crippen molar-refractivity contribution in [3.8, 4) is 0 Å². The van der Waals surface area contributed by atoms with Crippen LogP contribution in [-0.2, 0) is 19.4 Å². The van der Waals surface area contributed by atoms with Crippen LogP contribution in [0.5, 0.6) is 0 Å². The van der Waals surface area contributed by atoms with Crippen LogP contribution in [-0.4, -0.2) is 35.1 Å². The van der Waals surface area contributed by atoms with Crippen LogP contribution in [0.3, 0.4) is 0 Å². The number of hydrogen-bond acceptors (Lipinski definition) is 3. The van der Waals surface area contributed by atoms with Gasteiger partial charge in [0, 0.05) is 51.4 Å². The Balaban J connectivity index is 1.49. The van der Waals surface area contributed by atoms with E-state index in [-0.39, 0.29) is 0 Å². The molecule has 3 aromatic rings. The van der Waals surface area contributed by atoms with E-state index in [4.69, 9.17) is 4.42 Å². The maximum atomic E-state index is 5.35. The van der Waals surface area contributed by atoms with Gasteiger partial charge in [-0.3, -0.25) is 4.99 Å². The highest BCUT2D eigenvalue weighted by Crippen LogP contribution is 2.06. The van der Waals surface area contributed by atoms with E-state index in [2.05, 4.69) is 56.4 Å². The molecule has 3 rings (SSSR count). The second-order valence-corrected chi connectivity index (χ2v) is 6.22. The molecule has 0 radical (unpaired) electrons. The van der Waals surface area contributed by atoms with Crippen LogP contribution in [0.2, 0.25) is 0 Å². The van der Waals surface area contributed by atoms with Gasteiger partial charge >= 0.3 is 0 Å². The molecule has 0 bridgehead atoms. The zero-order valence-corrected chi connectivity index (χ0v) is 15.8. The zero-order chi connectivity index (χ0) is 18.7. The van der Waals surface area contributed by atoms with Gasteiger partial charge in [-0.25, -0.2) is 4.98 Å². The predicted octanol–water partition coefficient (Wildman–Crippen LogP) is 2.86. The van der Waals surface area contributed by atoms with E-state index in [0.29, 0.717) is 6.54 Å². The number of aliphatic imine (C=N–C) groups is 1. The van der Waals surface area contributed by atoms with E-state index < -0.39 is 0 Å². The Bertz CT molecular complexity index is 808. The van der Waals surface area contributed by atoms with Crippen LogP contribution in [0.1, 0.15) is 24.1 Å². The Labute approximate surface area is 160 Å². The van der Waals surface area contributed by atoms with Gasteiger partial charge in [0.15, 0.2) is 5.96 Å². The van der Waals surface area contributed by atoms with E-state index in [1.165, 1.54) is 5.56 Å². The second kappa shape index (κ2) is 10.2. The monoisotopic (exact) mass is 365 g/mol. The Morgan fingerprint density at radius 3 is 2.78 bits per heavy atom. The highest BCUT2D eigenvalue weighted by Gasteiger charge is 2.05. The van der Waals surface area contributed by atoms with E-state index in [1.54, 1.807) is 6.26 Å². The third kappa shape index (κ3) is 6.02. The molecule has 0 saturated heterocycles. The molecule has 0 aliphatic carbocycles. The van der Waals surface area contributed by atoms with Gasteiger partial charge in [-0.05, 0) is 24.6 Å². The number of guanidine groups is 1. The number of nitrogens with one attached hydrogen (secondary N) is 2. The molecule has 0 spiro atoms. The van der Waals surface area contributed by atoms with Crippen molar-refractivity contribution in [3.05, 3.63) is 78.3 Å². The summed E-state index contributed by atoms with van der Waals surface area (Å²) in [6.07, 6.45) is 7.22. The molecule has 6 heteroatoms. The van der Waals surface area contributed by atoms with Gasteiger partial charge in [0.1, 0.15) is 11.6 Å². The molecule has 142 valence electrons. The van der Waals surface area contributed by atoms with Crippen molar-refractivity contribution >= 4 is 5.96 Å². The van der Waals surface area contributed by atoms with Gasteiger partial charge in [-0.15, -0.1) is 0 Å². The molecule has 1 aromatic carbocycles. The summed E-state index contributed by atoms with van der Waals surface area (Å²) >= 11 is 0. The van der Waals surface area contributed by atoms with Crippen LogP contribution >= 0.6 is 0 Å². The van der Waals surface area contributed by atoms with Crippen molar-refractivity contribution in [2.45, 2.75) is 26.3 Å². The SMILES string of the molecule is CCNC(=NCCc1ccco1)NCCc1nccn1Cc1ccccc1. The first-order chi connectivity index (χ1) is 13.3. The number of benzene rings is 1. The summed E-state index contributed by atoms with van der Waals surface area (Å²) < 4.78 is 7.54. The quantitative estimate of drug-likeness (QED) is 0.452. The summed E-state index contributed by atoms with van der Waals surface area (Å²) in [6.45, 7) is 5.20. The molecule has 6 nitrogen and oxygen atoms in total. The van der Waals surface area contributed by atoms with Crippen LogP contribution in [0.15, 0.2) is 70.5 Å². The lowest BCUT2D eigenvalue weighted by Gasteiger charge is -2.12. The third-order valence-electron chi connectivity index (χ3n) is 4.19. The van der Waals surface area contributed by atoms with Crippen molar-refractivity contribution in [2.75, 3.05) is 19.6 Å². The van der Waals surface area contributed by atoms with Crippen molar-refractivity contribution in [1.29, 1.82) is 0 Å². The highest BCUT2D eigenvalue weighted by molar-refractivity contribution is 5.79. The minimum atomic E-state index is 0.686. The number of aromatic nitrogens is 2. The molecule has 0 unspecified atom stereocenters. The minimum Gasteiger partial charge on any atom is -0.469 e. The predicted molar refractivity (Wildman–Crippen MR) is 108 cm³/mol. The molecule has 0 amide bonds. The molecule has 2 N–H and O–H groups in total. The van der Waals surface area contributed by atoms with Crippen molar-refractivity contribution in [3.63, 3.8) is 0 Å². The average molecular weight is 365 g/mol. The van der Waals surface area contributed by atoms with Gasteiger partial charge in [-0.1, -0.05) is 30.3 Å². The van der Waals surface area contributed by atoms with Crippen LogP contribution < -0.4 is 10.6 Å². The Morgan fingerprint density at radius 1 is 1.11 bits per heavy atom. The number of hydrogen-bond donors (Lipinski definition) is 2. The second-order valence-electron chi connectivity index (χ2n) is 6.22. The van der Waals surface area contributed by atoms with Crippen LogP contribution in [0, 0.1) is 0 Å². The summed E-state index contributed by atoms with van der Waals surface area (Å²) in [5, 5.41) is 6.66. The lowest BCUT2D eigenvalue weighted by Crippen LogP contribution is -2.38. The Hall–Kier alpha value is -3.02. The molecule has 27 heavy (non-hydrogen) atoms. The van der Waals surface area contributed by atoms with Gasteiger partial charge in [0.05, 0.1) is 6.26 Å². The summed E-state index contributed by atoms with van der Waals surface area (Å²) in [7, 11) is 0. The number of rotatable bonds is 9. The Kier molecular flexibility index (Phi) is 7.09. The van der Waals surface area contributed by atoms with E-state index in [1.807, 2.05) is 30.6 Å². The maximum Gasteiger partial charge on any atom is 0.191 e. The lowest BCUT2D eigenvalue weighted by molar-refractivity contribution is 0.510. The number of imidazole rings is 1. The molecule has 0 fully saturated rings. The molecule has 0 aliphatic rings. The molecule has 2 heterocycles.